The number of morpholine rings is 1. The van der Waals surface area contributed by atoms with Crippen molar-refractivity contribution in [1.29, 1.82) is 0 Å². The molecule has 2 N–H and O–H groups in total. The molecule has 1 saturated heterocycles. The monoisotopic (exact) mass is 388 g/mol. The highest BCUT2D eigenvalue weighted by Gasteiger charge is 2.15. The number of anilines is 1. The number of aromatic nitrogens is 2. The molecule has 27 heavy (non-hydrogen) atoms. The summed E-state index contributed by atoms with van der Waals surface area (Å²) in [5.74, 6) is 1.83. The third-order valence-corrected chi connectivity index (χ3v) is 5.20. The van der Waals surface area contributed by atoms with Gasteiger partial charge in [0.2, 0.25) is 0 Å². The number of pyridine rings is 1. The van der Waals surface area contributed by atoms with E-state index in [9.17, 15) is 0 Å². The Hall–Kier alpha value is -2.19. The van der Waals surface area contributed by atoms with E-state index in [2.05, 4.69) is 45.4 Å². The summed E-state index contributed by atoms with van der Waals surface area (Å²) in [7, 11) is 0. The SMILES string of the molecule is CCNC(=NCc1cccnc1N1CCOCC1)NCCc1ncc(C)s1. The van der Waals surface area contributed by atoms with Gasteiger partial charge in [0, 0.05) is 55.4 Å². The van der Waals surface area contributed by atoms with Crippen molar-refractivity contribution in [2.75, 3.05) is 44.3 Å². The van der Waals surface area contributed by atoms with Crippen LogP contribution in [-0.2, 0) is 17.7 Å². The van der Waals surface area contributed by atoms with Crippen molar-refractivity contribution in [1.82, 2.24) is 20.6 Å². The van der Waals surface area contributed by atoms with E-state index >= 15 is 0 Å². The molecule has 0 atom stereocenters. The maximum absolute atomic E-state index is 5.45. The molecular formula is C19H28N6OS. The number of hydrogen-bond donors (Lipinski definition) is 2. The topological polar surface area (TPSA) is 74.7 Å². The van der Waals surface area contributed by atoms with E-state index in [4.69, 9.17) is 9.73 Å². The normalized spacial score (nSPS) is 15.0. The number of guanidine groups is 1. The van der Waals surface area contributed by atoms with Crippen LogP contribution in [0, 0.1) is 6.92 Å². The minimum Gasteiger partial charge on any atom is -0.378 e. The molecule has 3 heterocycles. The smallest absolute Gasteiger partial charge is 0.191 e. The van der Waals surface area contributed by atoms with Gasteiger partial charge in [0.25, 0.3) is 0 Å². The fourth-order valence-electron chi connectivity index (χ4n) is 2.92. The van der Waals surface area contributed by atoms with Crippen molar-refractivity contribution >= 4 is 23.1 Å². The lowest BCUT2D eigenvalue weighted by Crippen LogP contribution is -2.38. The zero-order chi connectivity index (χ0) is 18.9. The van der Waals surface area contributed by atoms with Gasteiger partial charge >= 0.3 is 0 Å². The molecule has 0 bridgehead atoms. The summed E-state index contributed by atoms with van der Waals surface area (Å²) in [6, 6.07) is 4.07. The first-order valence-corrected chi connectivity index (χ1v) is 10.3. The van der Waals surface area contributed by atoms with E-state index in [1.807, 2.05) is 18.5 Å². The largest absolute Gasteiger partial charge is 0.378 e. The summed E-state index contributed by atoms with van der Waals surface area (Å²) in [5, 5.41) is 7.86. The summed E-state index contributed by atoms with van der Waals surface area (Å²) in [6.45, 7) is 9.63. The molecule has 3 rings (SSSR count). The molecule has 0 radical (unpaired) electrons. The number of thiazole rings is 1. The molecule has 0 aliphatic carbocycles. The van der Waals surface area contributed by atoms with Crippen molar-refractivity contribution in [2.45, 2.75) is 26.8 Å². The van der Waals surface area contributed by atoms with Gasteiger partial charge in [-0.3, -0.25) is 0 Å². The van der Waals surface area contributed by atoms with Gasteiger partial charge < -0.3 is 20.3 Å². The van der Waals surface area contributed by atoms with Gasteiger partial charge in [-0.05, 0) is 19.9 Å². The van der Waals surface area contributed by atoms with Crippen molar-refractivity contribution in [2.24, 2.45) is 4.99 Å². The molecule has 146 valence electrons. The maximum Gasteiger partial charge on any atom is 0.191 e. The van der Waals surface area contributed by atoms with Gasteiger partial charge in [-0.1, -0.05) is 6.07 Å². The number of hydrogen-bond acceptors (Lipinski definition) is 6. The average molecular weight is 389 g/mol. The van der Waals surface area contributed by atoms with Gasteiger partial charge in [-0.2, -0.15) is 0 Å². The second-order valence-electron chi connectivity index (χ2n) is 6.32. The molecular weight excluding hydrogens is 360 g/mol. The first-order chi connectivity index (χ1) is 13.3. The summed E-state index contributed by atoms with van der Waals surface area (Å²) < 4.78 is 5.45. The fraction of sp³-hybridized carbons (Fsp3) is 0.526. The zero-order valence-corrected chi connectivity index (χ0v) is 16.9. The van der Waals surface area contributed by atoms with Crippen molar-refractivity contribution in [3.8, 4) is 0 Å². The second-order valence-corrected chi connectivity index (χ2v) is 7.64. The van der Waals surface area contributed by atoms with Crippen LogP contribution >= 0.6 is 11.3 Å². The average Bonchev–Trinajstić information content (AvgIpc) is 3.12. The quantitative estimate of drug-likeness (QED) is 0.558. The first-order valence-electron chi connectivity index (χ1n) is 9.46. The van der Waals surface area contributed by atoms with E-state index in [-0.39, 0.29) is 0 Å². The molecule has 0 spiro atoms. The van der Waals surface area contributed by atoms with Crippen molar-refractivity contribution in [3.63, 3.8) is 0 Å². The Morgan fingerprint density at radius 1 is 1.30 bits per heavy atom. The van der Waals surface area contributed by atoms with Crippen LogP contribution in [0.3, 0.4) is 0 Å². The summed E-state index contributed by atoms with van der Waals surface area (Å²) >= 11 is 1.75. The Morgan fingerprint density at radius 3 is 2.89 bits per heavy atom. The van der Waals surface area contributed by atoms with E-state index in [1.54, 1.807) is 11.3 Å². The summed E-state index contributed by atoms with van der Waals surface area (Å²) in [5.41, 5.74) is 1.13. The van der Waals surface area contributed by atoms with E-state index in [0.29, 0.717) is 6.54 Å². The number of nitrogens with one attached hydrogen (secondary N) is 2. The van der Waals surface area contributed by atoms with Crippen molar-refractivity contribution < 1.29 is 4.74 Å². The zero-order valence-electron chi connectivity index (χ0n) is 16.1. The van der Waals surface area contributed by atoms with Crippen molar-refractivity contribution in [3.05, 3.63) is 40.0 Å². The molecule has 0 aromatic carbocycles. The second kappa shape index (κ2) is 10.2. The van der Waals surface area contributed by atoms with Gasteiger partial charge in [-0.25, -0.2) is 15.0 Å². The third-order valence-electron chi connectivity index (χ3n) is 4.23. The van der Waals surface area contributed by atoms with Crippen LogP contribution < -0.4 is 15.5 Å². The van der Waals surface area contributed by atoms with Crippen LogP contribution in [-0.4, -0.2) is 55.3 Å². The molecule has 0 amide bonds. The summed E-state index contributed by atoms with van der Waals surface area (Å²) in [6.07, 6.45) is 4.67. The van der Waals surface area contributed by atoms with E-state index in [0.717, 1.165) is 68.2 Å². The summed E-state index contributed by atoms with van der Waals surface area (Å²) in [4.78, 5) is 17.3. The minimum absolute atomic E-state index is 0.590. The van der Waals surface area contributed by atoms with Crippen LogP contribution in [0.1, 0.15) is 22.4 Å². The number of aryl methyl sites for hydroxylation is 1. The predicted molar refractivity (Wildman–Crippen MR) is 111 cm³/mol. The number of ether oxygens (including phenoxy) is 1. The Bertz CT molecular complexity index is 741. The van der Waals surface area contributed by atoms with Gasteiger partial charge in [0.05, 0.1) is 24.8 Å². The Labute approximate surface area is 164 Å². The Morgan fingerprint density at radius 2 is 2.15 bits per heavy atom. The highest BCUT2D eigenvalue weighted by Crippen LogP contribution is 2.19. The lowest BCUT2D eigenvalue weighted by Gasteiger charge is -2.29. The number of rotatable bonds is 7. The lowest BCUT2D eigenvalue weighted by atomic mass is 10.2. The molecule has 8 heteroatoms. The highest BCUT2D eigenvalue weighted by atomic mass is 32.1. The molecule has 7 nitrogen and oxygen atoms in total. The highest BCUT2D eigenvalue weighted by molar-refractivity contribution is 7.11. The van der Waals surface area contributed by atoms with E-state index < -0.39 is 0 Å². The van der Waals surface area contributed by atoms with Gasteiger partial charge in [0.1, 0.15) is 5.82 Å². The third kappa shape index (κ3) is 5.90. The predicted octanol–water partition coefficient (Wildman–Crippen LogP) is 1.98. The number of nitrogens with zero attached hydrogens (tertiary/aromatic N) is 4. The van der Waals surface area contributed by atoms with Crippen LogP contribution in [0.25, 0.3) is 0 Å². The molecule has 1 fully saturated rings. The molecule has 1 aliphatic heterocycles. The van der Waals surface area contributed by atoms with Gasteiger partial charge in [-0.15, -0.1) is 11.3 Å². The minimum atomic E-state index is 0.590. The molecule has 2 aromatic heterocycles. The number of aliphatic imine (C=N–C) groups is 1. The fourth-order valence-corrected chi connectivity index (χ4v) is 3.71. The van der Waals surface area contributed by atoms with Crippen LogP contribution in [0.5, 0.6) is 0 Å². The van der Waals surface area contributed by atoms with Crippen LogP contribution in [0.15, 0.2) is 29.5 Å². The first kappa shape index (κ1) is 19.6. The van der Waals surface area contributed by atoms with E-state index in [1.165, 1.54) is 4.88 Å². The Kier molecular flexibility index (Phi) is 7.41. The van der Waals surface area contributed by atoms with Crippen LogP contribution in [0.2, 0.25) is 0 Å². The standard InChI is InChI=1S/C19H28N6OS/c1-3-20-19(22-8-6-17-23-13-15(2)27-17)24-14-16-5-4-7-21-18(16)25-9-11-26-12-10-25/h4-5,7,13H,3,6,8-12,14H2,1-2H3,(H2,20,22,24). The maximum atomic E-state index is 5.45. The molecule has 0 unspecified atom stereocenters. The molecule has 1 aliphatic rings. The lowest BCUT2D eigenvalue weighted by molar-refractivity contribution is 0.122. The van der Waals surface area contributed by atoms with Gasteiger partial charge in [0.15, 0.2) is 5.96 Å². The molecule has 2 aromatic rings. The Balaban J connectivity index is 1.60. The van der Waals surface area contributed by atoms with Crippen LogP contribution in [0.4, 0.5) is 5.82 Å². The molecule has 0 saturated carbocycles.